The van der Waals surface area contributed by atoms with Crippen LogP contribution in [0.15, 0.2) is 16.0 Å². The highest BCUT2D eigenvalue weighted by molar-refractivity contribution is 7.99. The summed E-state index contributed by atoms with van der Waals surface area (Å²) < 4.78 is 1.41. The van der Waals surface area contributed by atoms with Gasteiger partial charge in [0.1, 0.15) is 0 Å². The summed E-state index contributed by atoms with van der Waals surface area (Å²) in [5, 5.41) is 12.5. The van der Waals surface area contributed by atoms with Crippen LogP contribution in [-0.4, -0.2) is 31.9 Å². The summed E-state index contributed by atoms with van der Waals surface area (Å²) in [5.74, 6) is -0.321. The molecule has 0 aromatic carbocycles. The fraction of sp³-hybridized carbons (Fsp3) is 0.583. The Morgan fingerprint density at radius 1 is 1.53 bits per heavy atom. The Balaban J connectivity index is 2.78. The number of hydrogen-bond acceptors (Lipinski definition) is 5. The van der Waals surface area contributed by atoms with Crippen molar-refractivity contribution in [2.75, 3.05) is 5.75 Å². The smallest absolute Gasteiger partial charge is 0.257 e. The van der Waals surface area contributed by atoms with Crippen molar-refractivity contribution < 1.29 is 9.90 Å². The third-order valence-corrected chi connectivity index (χ3v) is 3.10. The Morgan fingerprint density at radius 2 is 2.16 bits per heavy atom. The first-order valence-corrected chi connectivity index (χ1v) is 6.96. The zero-order chi connectivity index (χ0) is 14.6. The molecule has 0 aliphatic heterocycles. The van der Waals surface area contributed by atoms with Crippen molar-refractivity contribution in [2.24, 2.45) is 0 Å². The van der Waals surface area contributed by atoms with Crippen LogP contribution >= 0.6 is 11.8 Å². The van der Waals surface area contributed by atoms with E-state index in [0.717, 1.165) is 17.8 Å². The first-order valence-electron chi connectivity index (χ1n) is 5.97. The molecule has 0 saturated heterocycles. The largest absolute Gasteiger partial charge is 0.493 e. The summed E-state index contributed by atoms with van der Waals surface area (Å²) in [4.78, 5) is 27.2. The van der Waals surface area contributed by atoms with Crippen LogP contribution in [0.1, 0.15) is 27.7 Å². The number of carbonyl (C=O) groups excluding carboxylic acids is 1. The number of aromatic nitrogens is 2. The molecule has 1 rings (SSSR count). The highest BCUT2D eigenvalue weighted by Gasteiger charge is 2.15. The van der Waals surface area contributed by atoms with E-state index in [1.807, 2.05) is 20.8 Å². The molecule has 0 unspecified atom stereocenters. The molecule has 0 fully saturated rings. The maximum absolute atomic E-state index is 11.7. The highest BCUT2D eigenvalue weighted by Crippen LogP contribution is 2.16. The van der Waals surface area contributed by atoms with Crippen molar-refractivity contribution in [3.63, 3.8) is 0 Å². The van der Waals surface area contributed by atoms with Crippen LogP contribution in [0.3, 0.4) is 0 Å². The van der Waals surface area contributed by atoms with Gasteiger partial charge in [-0.25, -0.2) is 0 Å². The molecule has 19 heavy (non-hydrogen) atoms. The Morgan fingerprint density at radius 3 is 2.68 bits per heavy atom. The van der Waals surface area contributed by atoms with E-state index in [2.05, 4.69) is 10.3 Å². The van der Waals surface area contributed by atoms with E-state index in [0.29, 0.717) is 11.7 Å². The topological polar surface area (TPSA) is 84.2 Å². The zero-order valence-corrected chi connectivity index (χ0v) is 12.4. The van der Waals surface area contributed by atoms with Crippen LogP contribution in [0.5, 0.6) is 5.88 Å². The third-order valence-electron chi connectivity index (χ3n) is 2.12. The maximum Gasteiger partial charge on any atom is 0.257 e. The normalized spacial score (nSPS) is 11.4. The number of carbonyl (C=O) groups is 1. The van der Waals surface area contributed by atoms with Gasteiger partial charge in [0.2, 0.25) is 11.8 Å². The second kappa shape index (κ2) is 6.10. The average molecular weight is 285 g/mol. The van der Waals surface area contributed by atoms with Gasteiger partial charge in [-0.2, -0.15) is 4.98 Å². The second-order valence-corrected chi connectivity index (χ2v) is 6.01. The predicted octanol–water partition coefficient (Wildman–Crippen LogP) is 0.976. The van der Waals surface area contributed by atoms with Gasteiger partial charge in [0.05, 0.1) is 11.8 Å². The van der Waals surface area contributed by atoms with Gasteiger partial charge in [0.25, 0.3) is 5.56 Å². The van der Waals surface area contributed by atoms with E-state index >= 15 is 0 Å². The lowest BCUT2D eigenvalue weighted by Crippen LogP contribution is -2.41. The molecule has 1 aromatic rings. The van der Waals surface area contributed by atoms with Gasteiger partial charge in [-0.1, -0.05) is 11.8 Å². The standard InChI is InChI=1S/C12H19N3O3S/c1-5-15-10(18)6-8(16)13-11(15)19-7-9(17)14-12(2,3)4/h6,16H,5,7H2,1-4H3,(H,14,17). The minimum atomic E-state index is -0.326. The Hall–Kier alpha value is -1.50. The molecule has 6 nitrogen and oxygen atoms in total. The van der Waals surface area contributed by atoms with Crippen molar-refractivity contribution in [1.29, 1.82) is 0 Å². The van der Waals surface area contributed by atoms with Crippen LogP contribution in [0.25, 0.3) is 0 Å². The summed E-state index contributed by atoms with van der Waals surface area (Å²) in [7, 11) is 0. The molecular formula is C12H19N3O3S. The van der Waals surface area contributed by atoms with E-state index < -0.39 is 0 Å². The lowest BCUT2D eigenvalue weighted by molar-refractivity contribution is -0.119. The quantitative estimate of drug-likeness (QED) is 0.636. The lowest BCUT2D eigenvalue weighted by atomic mass is 10.1. The third kappa shape index (κ3) is 4.94. The molecular weight excluding hydrogens is 266 g/mol. The minimum absolute atomic E-state index is 0.141. The Bertz CT molecular complexity index is 520. The van der Waals surface area contributed by atoms with Crippen molar-refractivity contribution in [2.45, 2.75) is 44.9 Å². The van der Waals surface area contributed by atoms with E-state index in [1.165, 1.54) is 4.57 Å². The number of amides is 1. The molecule has 1 amide bonds. The van der Waals surface area contributed by atoms with Crippen LogP contribution < -0.4 is 10.9 Å². The number of nitrogens with one attached hydrogen (secondary N) is 1. The van der Waals surface area contributed by atoms with Crippen LogP contribution in [0.4, 0.5) is 0 Å². The highest BCUT2D eigenvalue weighted by atomic mass is 32.2. The molecule has 0 aliphatic rings. The van der Waals surface area contributed by atoms with Crippen molar-refractivity contribution >= 4 is 17.7 Å². The molecule has 0 spiro atoms. The van der Waals surface area contributed by atoms with Gasteiger partial charge >= 0.3 is 0 Å². The van der Waals surface area contributed by atoms with Gasteiger partial charge in [0.15, 0.2) is 5.16 Å². The number of nitrogens with zero attached hydrogens (tertiary/aromatic N) is 2. The Labute approximate surface area is 116 Å². The number of hydrogen-bond donors (Lipinski definition) is 2. The molecule has 106 valence electrons. The van der Waals surface area contributed by atoms with Gasteiger partial charge in [-0.3, -0.25) is 14.2 Å². The molecule has 0 saturated carbocycles. The van der Waals surface area contributed by atoms with Crippen LogP contribution in [0.2, 0.25) is 0 Å². The number of thioether (sulfide) groups is 1. The predicted molar refractivity (Wildman–Crippen MR) is 74.5 cm³/mol. The van der Waals surface area contributed by atoms with Crippen LogP contribution in [-0.2, 0) is 11.3 Å². The van der Waals surface area contributed by atoms with E-state index in [-0.39, 0.29) is 28.6 Å². The molecule has 1 heterocycles. The SMILES string of the molecule is CCn1c(SCC(=O)NC(C)(C)C)nc(O)cc1=O. The molecule has 0 radical (unpaired) electrons. The van der Waals surface area contributed by atoms with E-state index in [9.17, 15) is 14.7 Å². The maximum atomic E-state index is 11.7. The molecule has 2 N–H and O–H groups in total. The zero-order valence-electron chi connectivity index (χ0n) is 11.6. The monoisotopic (exact) mass is 285 g/mol. The lowest BCUT2D eigenvalue weighted by Gasteiger charge is -2.20. The van der Waals surface area contributed by atoms with Gasteiger partial charge in [-0.05, 0) is 27.7 Å². The van der Waals surface area contributed by atoms with Gasteiger partial charge in [0, 0.05) is 12.1 Å². The first kappa shape index (κ1) is 15.6. The van der Waals surface area contributed by atoms with Crippen molar-refractivity contribution in [3.05, 3.63) is 16.4 Å². The number of rotatable bonds is 4. The summed E-state index contributed by atoms with van der Waals surface area (Å²) in [6.07, 6.45) is 0. The molecule has 7 heteroatoms. The fourth-order valence-electron chi connectivity index (χ4n) is 1.46. The molecule has 0 atom stereocenters. The van der Waals surface area contributed by atoms with Crippen molar-refractivity contribution in [1.82, 2.24) is 14.9 Å². The van der Waals surface area contributed by atoms with Gasteiger partial charge < -0.3 is 10.4 Å². The minimum Gasteiger partial charge on any atom is -0.493 e. The second-order valence-electron chi connectivity index (χ2n) is 5.07. The summed E-state index contributed by atoms with van der Waals surface area (Å²) in [5.41, 5.74) is -0.623. The van der Waals surface area contributed by atoms with Crippen LogP contribution in [0, 0.1) is 0 Å². The van der Waals surface area contributed by atoms with E-state index in [1.54, 1.807) is 6.92 Å². The first-order chi connectivity index (χ1) is 8.73. The van der Waals surface area contributed by atoms with Gasteiger partial charge in [-0.15, -0.1) is 0 Å². The summed E-state index contributed by atoms with van der Waals surface area (Å²) in [6, 6.07) is 1.06. The fourth-order valence-corrected chi connectivity index (χ4v) is 2.32. The summed E-state index contributed by atoms with van der Waals surface area (Å²) >= 11 is 1.13. The Kier molecular flexibility index (Phi) is 4.99. The van der Waals surface area contributed by atoms with E-state index in [4.69, 9.17) is 0 Å². The molecule has 0 aliphatic carbocycles. The average Bonchev–Trinajstić information content (AvgIpc) is 2.23. The van der Waals surface area contributed by atoms with Crippen molar-refractivity contribution in [3.8, 4) is 5.88 Å². The molecule has 0 bridgehead atoms. The molecule has 1 aromatic heterocycles. The number of aromatic hydroxyl groups is 1. The summed E-state index contributed by atoms with van der Waals surface area (Å²) in [6.45, 7) is 7.92.